The first-order valence-corrected chi connectivity index (χ1v) is 10.00. The van der Waals surface area contributed by atoms with Crippen molar-refractivity contribution in [2.24, 2.45) is 0 Å². The van der Waals surface area contributed by atoms with E-state index < -0.39 is 0 Å². The fourth-order valence-electron chi connectivity index (χ4n) is 3.73. The Hall–Kier alpha value is -2.38. The molecule has 1 fully saturated rings. The minimum absolute atomic E-state index is 0.142. The summed E-state index contributed by atoms with van der Waals surface area (Å²) in [6, 6.07) is 8.32. The molecular weight excluding hydrogens is 356 g/mol. The molecule has 0 unspecified atom stereocenters. The van der Waals surface area contributed by atoms with Crippen molar-refractivity contribution in [3.8, 4) is 5.75 Å². The van der Waals surface area contributed by atoms with Crippen LogP contribution in [0.5, 0.6) is 5.75 Å². The number of morpholine rings is 1. The van der Waals surface area contributed by atoms with Gasteiger partial charge in [-0.25, -0.2) is 0 Å². The maximum Gasteiger partial charge on any atom is 0.224 e. The van der Waals surface area contributed by atoms with Crippen molar-refractivity contribution in [3.63, 3.8) is 0 Å². The molecule has 28 heavy (non-hydrogen) atoms. The zero-order valence-corrected chi connectivity index (χ0v) is 16.5. The molecular formula is C21H28N4O3. The number of aryl methyl sites for hydroxylation is 2. The summed E-state index contributed by atoms with van der Waals surface area (Å²) in [6.07, 6.45) is 2.37. The van der Waals surface area contributed by atoms with Gasteiger partial charge in [0.25, 0.3) is 0 Å². The molecule has 7 nitrogen and oxygen atoms in total. The van der Waals surface area contributed by atoms with E-state index in [1.54, 1.807) is 0 Å². The highest BCUT2D eigenvalue weighted by Gasteiger charge is 2.21. The summed E-state index contributed by atoms with van der Waals surface area (Å²) in [5.74, 6) is 1.03. The molecule has 0 spiro atoms. The molecule has 7 heteroatoms. The van der Waals surface area contributed by atoms with E-state index in [1.165, 1.54) is 5.56 Å². The minimum Gasteiger partial charge on any atom is -0.491 e. The number of ether oxygens (including phenoxy) is 2. The highest BCUT2D eigenvalue weighted by Crippen LogP contribution is 2.25. The van der Waals surface area contributed by atoms with Gasteiger partial charge in [-0.05, 0) is 30.7 Å². The highest BCUT2D eigenvalue weighted by atomic mass is 16.5. The quantitative estimate of drug-likeness (QED) is 0.787. The van der Waals surface area contributed by atoms with Crippen LogP contribution < -0.4 is 4.74 Å². The Morgan fingerprint density at radius 3 is 2.79 bits per heavy atom. The van der Waals surface area contributed by atoms with Crippen LogP contribution in [0.15, 0.2) is 30.5 Å². The molecule has 1 aromatic carbocycles. The van der Waals surface area contributed by atoms with Crippen molar-refractivity contribution in [2.75, 3.05) is 39.5 Å². The lowest BCUT2D eigenvalue weighted by atomic mass is 10.1. The number of carbonyl (C=O) groups excluding carboxylic acids is 1. The van der Waals surface area contributed by atoms with Gasteiger partial charge < -0.3 is 14.4 Å². The maximum absolute atomic E-state index is 12.7. The van der Waals surface area contributed by atoms with E-state index in [1.807, 2.05) is 34.8 Å². The van der Waals surface area contributed by atoms with Gasteiger partial charge in [0.15, 0.2) is 0 Å². The molecule has 3 heterocycles. The van der Waals surface area contributed by atoms with Crippen LogP contribution in [0, 0.1) is 6.92 Å². The van der Waals surface area contributed by atoms with Crippen LogP contribution in [0.25, 0.3) is 0 Å². The Morgan fingerprint density at radius 1 is 1.14 bits per heavy atom. The van der Waals surface area contributed by atoms with E-state index in [0.717, 1.165) is 49.9 Å². The van der Waals surface area contributed by atoms with Crippen LogP contribution in [-0.4, -0.2) is 64.9 Å². The average molecular weight is 384 g/mol. The number of nitrogens with zero attached hydrogens (tertiary/aromatic N) is 4. The van der Waals surface area contributed by atoms with E-state index in [2.05, 4.69) is 22.1 Å². The minimum atomic E-state index is 0.142. The van der Waals surface area contributed by atoms with Gasteiger partial charge in [-0.3, -0.25) is 14.4 Å². The van der Waals surface area contributed by atoms with Gasteiger partial charge in [-0.2, -0.15) is 5.10 Å². The summed E-state index contributed by atoms with van der Waals surface area (Å²) in [6.45, 7) is 8.73. The predicted molar refractivity (Wildman–Crippen MR) is 105 cm³/mol. The molecule has 1 saturated heterocycles. The van der Waals surface area contributed by atoms with E-state index in [9.17, 15) is 4.79 Å². The number of hydrogen-bond acceptors (Lipinski definition) is 5. The molecule has 2 aliphatic heterocycles. The lowest BCUT2D eigenvalue weighted by Crippen LogP contribution is -2.35. The normalized spacial score (nSPS) is 17.7. The van der Waals surface area contributed by atoms with Crippen LogP contribution >= 0.6 is 0 Å². The molecule has 0 radical (unpaired) electrons. The van der Waals surface area contributed by atoms with Crippen molar-refractivity contribution in [1.29, 1.82) is 0 Å². The zero-order valence-electron chi connectivity index (χ0n) is 16.5. The molecule has 0 atom stereocenters. The Kier molecular flexibility index (Phi) is 5.92. The van der Waals surface area contributed by atoms with Crippen molar-refractivity contribution < 1.29 is 14.3 Å². The molecule has 1 amide bonds. The Morgan fingerprint density at radius 2 is 2.00 bits per heavy atom. The summed E-state index contributed by atoms with van der Waals surface area (Å²) >= 11 is 0. The second kappa shape index (κ2) is 8.75. The molecule has 2 aliphatic rings. The van der Waals surface area contributed by atoms with Gasteiger partial charge >= 0.3 is 0 Å². The van der Waals surface area contributed by atoms with Gasteiger partial charge in [0.2, 0.25) is 5.91 Å². The van der Waals surface area contributed by atoms with Crippen molar-refractivity contribution in [3.05, 3.63) is 47.3 Å². The van der Waals surface area contributed by atoms with Crippen LogP contribution in [0.2, 0.25) is 0 Å². The monoisotopic (exact) mass is 384 g/mol. The smallest absolute Gasteiger partial charge is 0.224 e. The zero-order chi connectivity index (χ0) is 19.3. The molecule has 0 N–H and O–H groups in total. The van der Waals surface area contributed by atoms with Crippen LogP contribution in [0.1, 0.15) is 23.2 Å². The van der Waals surface area contributed by atoms with E-state index in [0.29, 0.717) is 32.7 Å². The van der Waals surface area contributed by atoms with E-state index >= 15 is 0 Å². The highest BCUT2D eigenvalue weighted by molar-refractivity contribution is 5.76. The van der Waals surface area contributed by atoms with E-state index in [-0.39, 0.29) is 5.91 Å². The summed E-state index contributed by atoms with van der Waals surface area (Å²) < 4.78 is 13.2. The van der Waals surface area contributed by atoms with Gasteiger partial charge in [-0.15, -0.1) is 0 Å². The molecule has 0 saturated carbocycles. The molecule has 0 bridgehead atoms. The molecule has 1 aromatic heterocycles. The SMILES string of the molecule is Cc1ccn(CCC(=O)N2CCOc3ccc(CN4CCOCC4)cc3C2)n1. The molecule has 4 rings (SSSR count). The standard InChI is InChI=1S/C21H28N4O3/c1-17-4-6-25(22-17)7-5-21(26)24-10-13-28-20-3-2-18(14-19(20)16-24)15-23-8-11-27-12-9-23/h2-4,6,14H,5,7-13,15-16H2,1H3. The Labute approximate surface area is 165 Å². The third kappa shape index (κ3) is 4.72. The fraction of sp³-hybridized carbons (Fsp3) is 0.524. The van der Waals surface area contributed by atoms with Crippen LogP contribution in [-0.2, 0) is 29.2 Å². The largest absolute Gasteiger partial charge is 0.491 e. The molecule has 150 valence electrons. The summed E-state index contributed by atoms with van der Waals surface area (Å²) in [5.41, 5.74) is 3.31. The average Bonchev–Trinajstić information content (AvgIpc) is 3.00. The number of amides is 1. The van der Waals surface area contributed by atoms with Crippen molar-refractivity contribution in [2.45, 2.75) is 33.0 Å². The third-order valence-corrected chi connectivity index (χ3v) is 5.30. The van der Waals surface area contributed by atoms with Gasteiger partial charge in [-0.1, -0.05) is 6.07 Å². The summed E-state index contributed by atoms with van der Waals surface area (Å²) in [5, 5.41) is 4.36. The molecule has 2 aromatic rings. The lowest BCUT2D eigenvalue weighted by molar-refractivity contribution is -0.132. The number of hydrogen-bond donors (Lipinski definition) is 0. The molecule has 0 aliphatic carbocycles. The maximum atomic E-state index is 12.7. The Balaban J connectivity index is 1.39. The third-order valence-electron chi connectivity index (χ3n) is 5.30. The number of carbonyl (C=O) groups is 1. The number of rotatable bonds is 5. The second-order valence-electron chi connectivity index (χ2n) is 7.46. The fourth-order valence-corrected chi connectivity index (χ4v) is 3.73. The summed E-state index contributed by atoms with van der Waals surface area (Å²) in [4.78, 5) is 17.1. The second-order valence-corrected chi connectivity index (χ2v) is 7.46. The topological polar surface area (TPSA) is 59.8 Å². The van der Waals surface area contributed by atoms with Crippen LogP contribution in [0.4, 0.5) is 0 Å². The lowest BCUT2D eigenvalue weighted by Gasteiger charge is -2.27. The first-order valence-electron chi connectivity index (χ1n) is 10.00. The number of aromatic nitrogens is 2. The van der Waals surface area contributed by atoms with Crippen molar-refractivity contribution in [1.82, 2.24) is 19.6 Å². The van der Waals surface area contributed by atoms with Gasteiger partial charge in [0.05, 0.1) is 25.5 Å². The summed E-state index contributed by atoms with van der Waals surface area (Å²) in [7, 11) is 0. The Bertz CT molecular complexity index is 814. The van der Waals surface area contributed by atoms with Crippen LogP contribution in [0.3, 0.4) is 0 Å². The van der Waals surface area contributed by atoms with E-state index in [4.69, 9.17) is 9.47 Å². The first kappa shape index (κ1) is 19.0. The van der Waals surface area contributed by atoms with Gasteiger partial charge in [0, 0.05) is 50.9 Å². The number of fused-ring (bicyclic) bond motifs is 1. The van der Waals surface area contributed by atoms with Crippen molar-refractivity contribution >= 4 is 5.91 Å². The van der Waals surface area contributed by atoms with Gasteiger partial charge in [0.1, 0.15) is 12.4 Å². The predicted octanol–water partition coefficient (Wildman–Crippen LogP) is 1.84. The number of benzene rings is 1. The first-order chi connectivity index (χ1) is 13.7.